The van der Waals surface area contributed by atoms with Gasteiger partial charge in [0.05, 0.1) is 31.7 Å². The first-order valence-electron chi connectivity index (χ1n) is 8.29. The molecule has 4 rings (SSSR count). The van der Waals surface area contributed by atoms with Gasteiger partial charge in [-0.3, -0.25) is 9.69 Å². The molecule has 0 radical (unpaired) electrons. The van der Waals surface area contributed by atoms with Gasteiger partial charge in [0.25, 0.3) is 0 Å². The van der Waals surface area contributed by atoms with Crippen molar-refractivity contribution < 1.29 is 19.0 Å². The summed E-state index contributed by atoms with van der Waals surface area (Å²) in [6.07, 6.45) is 3.51. The van der Waals surface area contributed by atoms with Crippen LogP contribution in [0.15, 0.2) is 11.8 Å². The van der Waals surface area contributed by atoms with Crippen LogP contribution in [0, 0.1) is 5.92 Å². The van der Waals surface area contributed by atoms with Gasteiger partial charge < -0.3 is 14.2 Å². The molecular weight excluding hydrogens is 282 g/mol. The minimum Gasteiger partial charge on any atom is -0.499 e. The van der Waals surface area contributed by atoms with Gasteiger partial charge in [0, 0.05) is 31.1 Å². The summed E-state index contributed by atoms with van der Waals surface area (Å²) in [6.45, 7) is 11.1. The second-order valence-corrected chi connectivity index (χ2v) is 7.25. The maximum absolute atomic E-state index is 12.6. The van der Waals surface area contributed by atoms with Gasteiger partial charge in [0.1, 0.15) is 5.60 Å². The molecule has 4 fully saturated rings. The molecule has 0 amide bonds. The summed E-state index contributed by atoms with van der Waals surface area (Å²) in [7, 11) is 0. The molecule has 5 heteroatoms. The Kier molecular flexibility index (Phi) is 4.32. The number of ketones is 1. The highest BCUT2D eigenvalue weighted by molar-refractivity contribution is 6.03. The summed E-state index contributed by atoms with van der Waals surface area (Å²) in [5.74, 6) is 0.250. The van der Waals surface area contributed by atoms with Gasteiger partial charge in [0.15, 0.2) is 5.78 Å². The third-order valence-electron chi connectivity index (χ3n) is 5.19. The molecule has 3 heterocycles. The third kappa shape index (κ3) is 2.94. The lowest BCUT2D eigenvalue weighted by Crippen LogP contribution is -2.60. The predicted octanol–water partition coefficient (Wildman–Crippen LogP) is 1.77. The molecule has 4 aliphatic rings. The van der Waals surface area contributed by atoms with E-state index in [0.717, 1.165) is 51.3 Å². The van der Waals surface area contributed by atoms with Crippen molar-refractivity contribution in [3.63, 3.8) is 0 Å². The van der Waals surface area contributed by atoms with E-state index in [2.05, 4.69) is 18.7 Å². The van der Waals surface area contributed by atoms with E-state index in [-0.39, 0.29) is 17.3 Å². The first-order valence-corrected chi connectivity index (χ1v) is 8.29. The van der Waals surface area contributed by atoms with E-state index in [4.69, 9.17) is 14.2 Å². The van der Waals surface area contributed by atoms with Crippen molar-refractivity contribution in [3.8, 4) is 0 Å². The Morgan fingerprint density at radius 3 is 2.73 bits per heavy atom. The molecular formula is C17H27NO4. The quantitative estimate of drug-likeness (QED) is 0.450. The summed E-state index contributed by atoms with van der Waals surface area (Å²) < 4.78 is 17.1. The normalized spacial score (nSPS) is 36.8. The zero-order chi connectivity index (χ0) is 15.8. The molecule has 0 aromatic rings. The van der Waals surface area contributed by atoms with Crippen molar-refractivity contribution in [3.05, 3.63) is 11.8 Å². The van der Waals surface area contributed by atoms with Gasteiger partial charge in [-0.25, -0.2) is 0 Å². The highest BCUT2D eigenvalue weighted by Crippen LogP contribution is 2.50. The summed E-state index contributed by atoms with van der Waals surface area (Å²) in [6, 6.07) is 0. The first kappa shape index (κ1) is 16.0. The number of hydrogen-bond acceptors (Lipinski definition) is 5. The zero-order valence-corrected chi connectivity index (χ0v) is 13.9. The Balaban J connectivity index is 1.59. The van der Waals surface area contributed by atoms with Gasteiger partial charge in [0.2, 0.25) is 0 Å². The molecule has 0 aromatic carbocycles. The average molecular weight is 309 g/mol. The van der Waals surface area contributed by atoms with Crippen molar-refractivity contribution in [2.45, 2.75) is 44.8 Å². The Labute approximate surface area is 132 Å². The van der Waals surface area contributed by atoms with Crippen molar-refractivity contribution in [2.24, 2.45) is 5.92 Å². The van der Waals surface area contributed by atoms with Gasteiger partial charge >= 0.3 is 0 Å². The van der Waals surface area contributed by atoms with Crippen LogP contribution in [0.5, 0.6) is 0 Å². The number of carbonyl (C=O) groups excluding carboxylic acids is 1. The molecule has 0 aromatic heterocycles. The zero-order valence-electron chi connectivity index (χ0n) is 13.9. The molecule has 124 valence electrons. The fraction of sp³-hybridized carbons (Fsp3) is 0.824. The van der Waals surface area contributed by atoms with Crippen molar-refractivity contribution in [2.75, 3.05) is 39.5 Å². The average Bonchev–Trinajstić information content (AvgIpc) is 2.47. The van der Waals surface area contributed by atoms with E-state index in [0.29, 0.717) is 6.61 Å². The Hall–Kier alpha value is -0.910. The smallest absolute Gasteiger partial charge is 0.193 e. The molecule has 0 spiro atoms. The van der Waals surface area contributed by atoms with Crippen molar-refractivity contribution >= 4 is 5.78 Å². The monoisotopic (exact) mass is 309 g/mol. The lowest BCUT2D eigenvalue weighted by atomic mass is 9.65. The maximum Gasteiger partial charge on any atom is 0.193 e. The van der Waals surface area contributed by atoms with Crippen LogP contribution in [0.25, 0.3) is 0 Å². The number of Topliss-reactive ketones (excluding diaryl/α,β-unsaturated/α-hetero) is 1. The standard InChI is InChI=1S/C17H27NO4/c1-16(2)14-4-5-17(3,22-16)15(19)13(14)12-21-11-8-18-6-9-20-10-7-18/h12,14H,4-11H2,1-3H3/b13-12-/t14-,17+/m1/s1. The molecule has 3 saturated heterocycles. The Bertz CT molecular complexity index is 467. The van der Waals surface area contributed by atoms with E-state index >= 15 is 0 Å². The van der Waals surface area contributed by atoms with Crippen LogP contribution in [0.4, 0.5) is 0 Å². The van der Waals surface area contributed by atoms with Crippen LogP contribution in [0.2, 0.25) is 0 Å². The van der Waals surface area contributed by atoms with Crippen LogP contribution in [-0.4, -0.2) is 61.3 Å². The predicted molar refractivity (Wildman–Crippen MR) is 82.6 cm³/mol. The summed E-state index contributed by atoms with van der Waals surface area (Å²) in [4.78, 5) is 14.9. The SMILES string of the molecule is CC1(C)O[C@@]2(C)CC[C@@H]1/C(=C/OCCN1CCOCC1)C2=O. The number of hydrogen-bond donors (Lipinski definition) is 0. The van der Waals surface area contributed by atoms with Crippen LogP contribution >= 0.6 is 0 Å². The summed E-state index contributed by atoms with van der Waals surface area (Å²) >= 11 is 0. The maximum atomic E-state index is 12.6. The second-order valence-electron chi connectivity index (χ2n) is 7.25. The number of carbonyl (C=O) groups is 1. The summed E-state index contributed by atoms with van der Waals surface area (Å²) in [5, 5.41) is 0. The lowest BCUT2D eigenvalue weighted by molar-refractivity contribution is -0.207. The van der Waals surface area contributed by atoms with Crippen LogP contribution < -0.4 is 0 Å². The number of nitrogens with zero attached hydrogens (tertiary/aromatic N) is 1. The topological polar surface area (TPSA) is 48.0 Å². The summed E-state index contributed by atoms with van der Waals surface area (Å²) in [5.41, 5.74) is -0.148. The molecule has 2 bridgehead atoms. The fourth-order valence-corrected chi connectivity index (χ4v) is 3.91. The van der Waals surface area contributed by atoms with Crippen LogP contribution in [0.3, 0.4) is 0 Å². The number of ether oxygens (including phenoxy) is 3. The van der Waals surface area contributed by atoms with Crippen LogP contribution in [0.1, 0.15) is 33.6 Å². The number of fused-ring (bicyclic) bond motifs is 3. The van der Waals surface area contributed by atoms with E-state index in [9.17, 15) is 4.79 Å². The minimum atomic E-state index is -0.669. The molecule has 2 atom stereocenters. The molecule has 22 heavy (non-hydrogen) atoms. The van der Waals surface area contributed by atoms with Gasteiger partial charge in [-0.2, -0.15) is 0 Å². The fourth-order valence-electron chi connectivity index (χ4n) is 3.91. The van der Waals surface area contributed by atoms with Gasteiger partial charge in [-0.15, -0.1) is 0 Å². The van der Waals surface area contributed by atoms with Gasteiger partial charge in [-0.1, -0.05) is 0 Å². The second kappa shape index (κ2) is 5.95. The van der Waals surface area contributed by atoms with E-state index in [1.165, 1.54) is 0 Å². The first-order chi connectivity index (χ1) is 10.4. The molecule has 1 aliphatic carbocycles. The Morgan fingerprint density at radius 2 is 2.05 bits per heavy atom. The molecule has 3 aliphatic heterocycles. The van der Waals surface area contributed by atoms with Crippen molar-refractivity contribution in [1.29, 1.82) is 0 Å². The molecule has 5 nitrogen and oxygen atoms in total. The van der Waals surface area contributed by atoms with E-state index in [1.54, 1.807) is 6.26 Å². The minimum absolute atomic E-state index is 0.106. The van der Waals surface area contributed by atoms with Crippen LogP contribution in [-0.2, 0) is 19.0 Å². The molecule has 1 saturated carbocycles. The third-order valence-corrected chi connectivity index (χ3v) is 5.19. The number of morpholine rings is 1. The number of rotatable bonds is 4. The van der Waals surface area contributed by atoms with E-state index in [1.807, 2.05) is 6.92 Å². The van der Waals surface area contributed by atoms with Gasteiger partial charge in [-0.05, 0) is 33.6 Å². The highest BCUT2D eigenvalue weighted by atomic mass is 16.5. The lowest BCUT2D eigenvalue weighted by Gasteiger charge is -2.53. The van der Waals surface area contributed by atoms with Crippen molar-refractivity contribution in [1.82, 2.24) is 4.90 Å². The molecule has 0 unspecified atom stereocenters. The highest BCUT2D eigenvalue weighted by Gasteiger charge is 2.56. The Morgan fingerprint density at radius 1 is 1.32 bits per heavy atom. The molecule has 0 N–H and O–H groups in total. The van der Waals surface area contributed by atoms with E-state index < -0.39 is 5.60 Å². The largest absolute Gasteiger partial charge is 0.499 e.